The van der Waals surface area contributed by atoms with Gasteiger partial charge >= 0.3 is 0 Å². The molecule has 1 amide bonds. The summed E-state index contributed by atoms with van der Waals surface area (Å²) in [5.74, 6) is -1.26. The Hall–Kier alpha value is -2.74. The van der Waals surface area contributed by atoms with E-state index in [-0.39, 0.29) is 0 Å². The van der Waals surface area contributed by atoms with E-state index in [0.29, 0.717) is 35.9 Å². The molecular formula is C22H29F2N5O. The Morgan fingerprint density at radius 2 is 1.87 bits per heavy atom. The number of amides is 1. The van der Waals surface area contributed by atoms with Gasteiger partial charge in [0.1, 0.15) is 29.2 Å². The first-order valence-corrected chi connectivity index (χ1v) is 9.98. The molecule has 1 aliphatic rings. The summed E-state index contributed by atoms with van der Waals surface area (Å²) in [6.07, 6.45) is 1.84. The lowest BCUT2D eigenvalue weighted by molar-refractivity contribution is -0.121. The molecule has 0 unspecified atom stereocenters. The monoisotopic (exact) mass is 417 g/mol. The van der Waals surface area contributed by atoms with Crippen molar-refractivity contribution in [3.8, 4) is 11.4 Å². The average Bonchev–Trinajstić information content (AvgIpc) is 2.99. The summed E-state index contributed by atoms with van der Waals surface area (Å²) in [4.78, 5) is 19.0. The highest BCUT2D eigenvalue weighted by atomic mass is 19.1. The van der Waals surface area contributed by atoms with Crippen molar-refractivity contribution >= 4 is 11.6 Å². The van der Waals surface area contributed by atoms with E-state index in [1.807, 2.05) is 45.4 Å². The Morgan fingerprint density at radius 3 is 2.40 bits per heavy atom. The van der Waals surface area contributed by atoms with Crippen LogP contribution in [0.15, 0.2) is 24.3 Å². The minimum Gasteiger partial charge on any atom is -0.372 e. The van der Waals surface area contributed by atoms with E-state index < -0.39 is 29.0 Å². The van der Waals surface area contributed by atoms with Gasteiger partial charge < -0.3 is 15.6 Å². The van der Waals surface area contributed by atoms with E-state index in [9.17, 15) is 13.6 Å². The van der Waals surface area contributed by atoms with Crippen molar-refractivity contribution in [2.45, 2.75) is 46.8 Å². The van der Waals surface area contributed by atoms with Crippen LogP contribution >= 0.6 is 0 Å². The van der Waals surface area contributed by atoms with Crippen molar-refractivity contribution in [1.82, 2.24) is 19.8 Å². The number of primary amides is 1. The summed E-state index contributed by atoms with van der Waals surface area (Å²) in [6, 6.07) is 2.80. The summed E-state index contributed by atoms with van der Waals surface area (Å²) in [7, 11) is 2.01. The molecule has 162 valence electrons. The molecule has 2 heterocycles. The number of imidazole rings is 1. The number of likely N-dealkylation sites (N-methyl/N-ethyl adjacent to an activating group) is 1. The minimum atomic E-state index is -0.650. The number of allylic oxidation sites excluding steroid dienone is 1. The van der Waals surface area contributed by atoms with Crippen LogP contribution in [-0.4, -0.2) is 40.0 Å². The summed E-state index contributed by atoms with van der Waals surface area (Å²) < 4.78 is 29.7. The van der Waals surface area contributed by atoms with E-state index in [2.05, 4.69) is 10.2 Å². The largest absolute Gasteiger partial charge is 0.372 e. The molecule has 0 saturated heterocycles. The third-order valence-electron chi connectivity index (χ3n) is 5.31. The van der Waals surface area contributed by atoms with Crippen LogP contribution in [0, 0.1) is 17.0 Å². The Labute approximate surface area is 175 Å². The molecule has 30 heavy (non-hydrogen) atoms. The first-order chi connectivity index (χ1) is 14.0. The summed E-state index contributed by atoms with van der Waals surface area (Å²) in [5.41, 5.74) is 7.85. The van der Waals surface area contributed by atoms with Gasteiger partial charge in [-0.1, -0.05) is 26.8 Å². The molecule has 0 aliphatic carbocycles. The number of fused-ring (bicyclic) bond motifs is 1. The second-order valence-electron chi connectivity index (χ2n) is 8.83. The zero-order valence-electron chi connectivity index (χ0n) is 18.1. The zero-order valence-corrected chi connectivity index (χ0v) is 18.1. The maximum absolute atomic E-state index is 13.9. The highest BCUT2D eigenvalue weighted by molar-refractivity contribution is 5.83. The number of hydrogen-bond acceptors (Lipinski definition) is 4. The number of nitrogens with two attached hydrogens (primary N) is 1. The number of benzene rings is 1. The summed E-state index contributed by atoms with van der Waals surface area (Å²) >= 11 is 0. The Morgan fingerprint density at radius 1 is 1.23 bits per heavy atom. The van der Waals surface area contributed by atoms with Gasteiger partial charge in [-0.25, -0.2) is 13.8 Å². The Bertz CT molecular complexity index is 970. The number of aromatic nitrogens is 2. The van der Waals surface area contributed by atoms with Crippen molar-refractivity contribution in [2.24, 2.45) is 11.1 Å². The molecule has 0 saturated carbocycles. The standard InChI is InChI=1S/C22H29F2N5O/c1-6-16(26-19(20(25)30)22(2,3)4)18-17-12-28(5)7-8-29(17)21(27-18)13-9-14(23)11-15(24)10-13/h6,9-11,19,26H,7-8,12H2,1-5H3,(H2,25,30)/t19-/m1/s1. The fraction of sp³-hybridized carbons (Fsp3) is 0.455. The molecule has 1 atom stereocenters. The molecule has 0 radical (unpaired) electrons. The van der Waals surface area contributed by atoms with Crippen molar-refractivity contribution in [3.05, 3.63) is 47.3 Å². The Kier molecular flexibility index (Phi) is 5.99. The lowest BCUT2D eigenvalue weighted by atomic mass is 9.86. The smallest absolute Gasteiger partial charge is 0.240 e. The molecule has 1 aliphatic heterocycles. The number of rotatable bonds is 5. The van der Waals surface area contributed by atoms with Crippen molar-refractivity contribution in [3.63, 3.8) is 0 Å². The predicted molar refractivity (Wildman–Crippen MR) is 113 cm³/mol. The maximum Gasteiger partial charge on any atom is 0.240 e. The number of halogens is 2. The van der Waals surface area contributed by atoms with Crippen LogP contribution in [0.3, 0.4) is 0 Å². The van der Waals surface area contributed by atoms with Gasteiger partial charge in [-0.05, 0) is 31.5 Å². The molecular weight excluding hydrogens is 388 g/mol. The third kappa shape index (κ3) is 4.38. The number of carbonyl (C=O) groups is 1. The van der Waals surface area contributed by atoms with Crippen LogP contribution in [0.1, 0.15) is 39.1 Å². The van der Waals surface area contributed by atoms with Crippen LogP contribution < -0.4 is 11.1 Å². The molecule has 3 N–H and O–H groups in total. The second-order valence-corrected chi connectivity index (χ2v) is 8.83. The SMILES string of the molecule is CC=C(N[C@H](C(N)=O)C(C)(C)C)c1nc(-c2cc(F)cc(F)c2)n2c1CN(C)CC2. The van der Waals surface area contributed by atoms with Gasteiger partial charge in [-0.3, -0.25) is 9.69 Å². The first kappa shape index (κ1) is 22.0. The fourth-order valence-electron chi connectivity index (χ4n) is 3.77. The van der Waals surface area contributed by atoms with Gasteiger partial charge in [-0.15, -0.1) is 0 Å². The van der Waals surface area contributed by atoms with Crippen LogP contribution in [0.4, 0.5) is 8.78 Å². The predicted octanol–water partition coefficient (Wildman–Crippen LogP) is 3.12. The van der Waals surface area contributed by atoms with E-state index in [1.54, 1.807) is 0 Å². The van der Waals surface area contributed by atoms with Crippen LogP contribution in [0.2, 0.25) is 0 Å². The zero-order chi connectivity index (χ0) is 22.2. The first-order valence-electron chi connectivity index (χ1n) is 9.98. The average molecular weight is 418 g/mol. The van der Waals surface area contributed by atoms with Gasteiger partial charge in [0, 0.05) is 31.3 Å². The topological polar surface area (TPSA) is 76.2 Å². The third-order valence-corrected chi connectivity index (χ3v) is 5.31. The lowest BCUT2D eigenvalue weighted by Gasteiger charge is -2.31. The van der Waals surface area contributed by atoms with Crippen LogP contribution in [0.5, 0.6) is 0 Å². The summed E-state index contributed by atoms with van der Waals surface area (Å²) in [6.45, 7) is 9.69. The molecule has 0 bridgehead atoms. The molecule has 1 aromatic carbocycles. The van der Waals surface area contributed by atoms with E-state index in [0.717, 1.165) is 18.3 Å². The van der Waals surface area contributed by atoms with Gasteiger partial charge in [-0.2, -0.15) is 0 Å². The molecule has 0 fully saturated rings. The van der Waals surface area contributed by atoms with Crippen LogP contribution in [0.25, 0.3) is 17.1 Å². The summed E-state index contributed by atoms with van der Waals surface area (Å²) in [5, 5.41) is 3.26. The van der Waals surface area contributed by atoms with E-state index >= 15 is 0 Å². The number of carbonyl (C=O) groups excluding carboxylic acids is 1. The molecule has 2 aromatic rings. The van der Waals surface area contributed by atoms with Crippen molar-refractivity contribution < 1.29 is 13.6 Å². The second kappa shape index (κ2) is 8.18. The maximum atomic E-state index is 13.9. The van der Waals surface area contributed by atoms with Crippen LogP contribution in [-0.2, 0) is 17.9 Å². The molecule has 0 spiro atoms. The molecule has 1 aromatic heterocycles. The van der Waals surface area contributed by atoms with Crippen molar-refractivity contribution in [2.75, 3.05) is 13.6 Å². The number of nitrogens with zero attached hydrogens (tertiary/aromatic N) is 3. The fourth-order valence-corrected chi connectivity index (χ4v) is 3.77. The van der Waals surface area contributed by atoms with Gasteiger partial charge in [0.25, 0.3) is 0 Å². The highest BCUT2D eigenvalue weighted by Gasteiger charge is 2.32. The lowest BCUT2D eigenvalue weighted by Crippen LogP contribution is -2.49. The molecule has 8 heteroatoms. The van der Waals surface area contributed by atoms with E-state index in [4.69, 9.17) is 10.7 Å². The quantitative estimate of drug-likeness (QED) is 0.784. The van der Waals surface area contributed by atoms with Gasteiger partial charge in [0.05, 0.1) is 11.4 Å². The Balaban J connectivity index is 2.12. The highest BCUT2D eigenvalue weighted by Crippen LogP contribution is 2.31. The van der Waals surface area contributed by atoms with E-state index in [1.165, 1.54) is 12.1 Å². The molecule has 6 nitrogen and oxygen atoms in total. The molecule has 3 rings (SSSR count). The van der Waals surface area contributed by atoms with Gasteiger partial charge in [0.2, 0.25) is 5.91 Å². The van der Waals surface area contributed by atoms with Crippen molar-refractivity contribution in [1.29, 1.82) is 0 Å². The normalized spacial score (nSPS) is 16.3. The number of hydrogen-bond donors (Lipinski definition) is 2. The number of nitrogens with one attached hydrogen (secondary N) is 1. The van der Waals surface area contributed by atoms with Gasteiger partial charge in [0.15, 0.2) is 0 Å². The minimum absolute atomic E-state index is 0.377.